The quantitative estimate of drug-likeness (QED) is 0.660. The van der Waals surface area contributed by atoms with Crippen molar-refractivity contribution in [2.24, 2.45) is 0 Å². The Morgan fingerprint density at radius 1 is 0.929 bits per heavy atom. The van der Waals surface area contributed by atoms with Crippen LogP contribution >= 0.6 is 0 Å². The summed E-state index contributed by atoms with van der Waals surface area (Å²) < 4.78 is 0. The SMILES string of the molecule is Cc1ccc(-c2cccnc2)cc1C. The largest absolute Gasteiger partial charge is 0.264 e. The molecule has 0 amide bonds. The van der Waals surface area contributed by atoms with Crippen molar-refractivity contribution in [3.8, 4) is 11.1 Å². The number of hydrogen-bond acceptors (Lipinski definition) is 1. The monoisotopic (exact) mass is 183 g/mol. The van der Waals surface area contributed by atoms with Crippen LogP contribution in [0.3, 0.4) is 0 Å². The molecular weight excluding hydrogens is 170 g/mol. The van der Waals surface area contributed by atoms with Crippen LogP contribution < -0.4 is 0 Å². The molecule has 1 heteroatoms. The van der Waals surface area contributed by atoms with E-state index in [1.165, 1.54) is 22.3 Å². The van der Waals surface area contributed by atoms with E-state index in [0.29, 0.717) is 0 Å². The molecule has 0 aliphatic heterocycles. The first-order valence-corrected chi connectivity index (χ1v) is 4.75. The zero-order valence-corrected chi connectivity index (χ0v) is 8.49. The van der Waals surface area contributed by atoms with Gasteiger partial charge in [0, 0.05) is 12.4 Å². The van der Waals surface area contributed by atoms with E-state index in [1.54, 1.807) is 6.20 Å². The van der Waals surface area contributed by atoms with Gasteiger partial charge in [-0.25, -0.2) is 0 Å². The van der Waals surface area contributed by atoms with Gasteiger partial charge in [0.1, 0.15) is 0 Å². The van der Waals surface area contributed by atoms with Gasteiger partial charge in [0.2, 0.25) is 0 Å². The first-order chi connectivity index (χ1) is 6.77. The summed E-state index contributed by atoms with van der Waals surface area (Å²) in [5, 5.41) is 0. The predicted octanol–water partition coefficient (Wildman–Crippen LogP) is 3.37. The fourth-order valence-corrected chi connectivity index (χ4v) is 1.45. The summed E-state index contributed by atoms with van der Waals surface area (Å²) in [4.78, 5) is 4.11. The van der Waals surface area contributed by atoms with E-state index in [0.717, 1.165) is 0 Å². The average Bonchev–Trinajstić information content (AvgIpc) is 2.23. The summed E-state index contributed by atoms with van der Waals surface area (Å²) in [6.45, 7) is 4.26. The Hall–Kier alpha value is -1.63. The van der Waals surface area contributed by atoms with Gasteiger partial charge in [-0.05, 0) is 42.2 Å². The second-order valence-corrected chi connectivity index (χ2v) is 3.54. The molecule has 1 aromatic heterocycles. The highest BCUT2D eigenvalue weighted by atomic mass is 14.6. The minimum Gasteiger partial charge on any atom is -0.264 e. The topological polar surface area (TPSA) is 12.9 Å². The van der Waals surface area contributed by atoms with E-state index in [2.05, 4.69) is 43.1 Å². The van der Waals surface area contributed by atoms with Crippen LogP contribution in [-0.2, 0) is 0 Å². The first-order valence-electron chi connectivity index (χ1n) is 4.75. The molecule has 0 unspecified atom stereocenters. The lowest BCUT2D eigenvalue weighted by Gasteiger charge is -2.04. The summed E-state index contributed by atoms with van der Waals surface area (Å²) in [5.41, 5.74) is 5.07. The van der Waals surface area contributed by atoms with Gasteiger partial charge in [0.25, 0.3) is 0 Å². The zero-order chi connectivity index (χ0) is 9.97. The lowest BCUT2D eigenvalue weighted by Crippen LogP contribution is -1.83. The molecule has 70 valence electrons. The highest BCUT2D eigenvalue weighted by molar-refractivity contribution is 5.63. The van der Waals surface area contributed by atoms with Gasteiger partial charge in [0.15, 0.2) is 0 Å². The van der Waals surface area contributed by atoms with E-state index in [9.17, 15) is 0 Å². The molecule has 14 heavy (non-hydrogen) atoms. The third kappa shape index (κ3) is 1.67. The number of benzene rings is 1. The van der Waals surface area contributed by atoms with Crippen molar-refractivity contribution >= 4 is 0 Å². The maximum atomic E-state index is 4.11. The van der Waals surface area contributed by atoms with Gasteiger partial charge in [-0.2, -0.15) is 0 Å². The number of pyridine rings is 1. The van der Waals surface area contributed by atoms with Crippen LogP contribution in [0, 0.1) is 13.8 Å². The van der Waals surface area contributed by atoms with Crippen LogP contribution in [0.5, 0.6) is 0 Å². The van der Waals surface area contributed by atoms with Crippen molar-refractivity contribution in [1.82, 2.24) is 4.98 Å². The van der Waals surface area contributed by atoms with Gasteiger partial charge < -0.3 is 0 Å². The van der Waals surface area contributed by atoms with Crippen LogP contribution in [0.1, 0.15) is 11.1 Å². The van der Waals surface area contributed by atoms with E-state index < -0.39 is 0 Å². The molecule has 0 spiro atoms. The Kier molecular flexibility index (Phi) is 2.32. The van der Waals surface area contributed by atoms with E-state index in [-0.39, 0.29) is 0 Å². The lowest BCUT2D eigenvalue weighted by molar-refractivity contribution is 1.31. The van der Waals surface area contributed by atoms with Gasteiger partial charge in [-0.3, -0.25) is 4.98 Å². The molecule has 0 saturated carbocycles. The Morgan fingerprint density at radius 3 is 2.43 bits per heavy atom. The molecular formula is C13H13N. The molecule has 0 N–H and O–H groups in total. The molecule has 1 aromatic carbocycles. The Labute approximate surface area is 84.4 Å². The molecule has 0 bridgehead atoms. The zero-order valence-electron chi connectivity index (χ0n) is 8.49. The number of aromatic nitrogens is 1. The predicted molar refractivity (Wildman–Crippen MR) is 59.1 cm³/mol. The number of aryl methyl sites for hydroxylation is 2. The Bertz CT molecular complexity index is 432. The lowest BCUT2D eigenvalue weighted by atomic mass is 10.0. The number of nitrogens with zero attached hydrogens (tertiary/aromatic N) is 1. The fraction of sp³-hybridized carbons (Fsp3) is 0.154. The van der Waals surface area contributed by atoms with E-state index in [1.807, 2.05) is 12.3 Å². The maximum Gasteiger partial charge on any atom is 0.0346 e. The van der Waals surface area contributed by atoms with Gasteiger partial charge in [0.05, 0.1) is 0 Å². The van der Waals surface area contributed by atoms with Crippen molar-refractivity contribution in [3.05, 3.63) is 53.9 Å². The molecule has 0 atom stereocenters. The fourth-order valence-electron chi connectivity index (χ4n) is 1.45. The van der Waals surface area contributed by atoms with Crippen molar-refractivity contribution in [3.63, 3.8) is 0 Å². The van der Waals surface area contributed by atoms with Gasteiger partial charge in [-0.15, -0.1) is 0 Å². The van der Waals surface area contributed by atoms with Crippen LogP contribution in [0.4, 0.5) is 0 Å². The minimum absolute atomic E-state index is 1.18. The van der Waals surface area contributed by atoms with Crippen LogP contribution in [0.15, 0.2) is 42.7 Å². The average molecular weight is 183 g/mol. The highest BCUT2D eigenvalue weighted by Crippen LogP contribution is 2.20. The normalized spacial score (nSPS) is 10.1. The Balaban J connectivity index is 2.48. The van der Waals surface area contributed by atoms with E-state index in [4.69, 9.17) is 0 Å². The van der Waals surface area contributed by atoms with Crippen molar-refractivity contribution < 1.29 is 0 Å². The van der Waals surface area contributed by atoms with E-state index >= 15 is 0 Å². The summed E-state index contributed by atoms with van der Waals surface area (Å²) >= 11 is 0. The van der Waals surface area contributed by atoms with Crippen LogP contribution in [-0.4, -0.2) is 4.98 Å². The highest BCUT2D eigenvalue weighted by Gasteiger charge is 1.98. The van der Waals surface area contributed by atoms with Crippen LogP contribution in [0.2, 0.25) is 0 Å². The molecule has 0 radical (unpaired) electrons. The van der Waals surface area contributed by atoms with Crippen molar-refractivity contribution in [1.29, 1.82) is 0 Å². The van der Waals surface area contributed by atoms with Crippen molar-refractivity contribution in [2.75, 3.05) is 0 Å². The summed E-state index contributed by atoms with van der Waals surface area (Å²) in [6.07, 6.45) is 3.69. The molecule has 0 aliphatic carbocycles. The second kappa shape index (κ2) is 3.62. The summed E-state index contributed by atoms with van der Waals surface area (Å²) in [7, 11) is 0. The first kappa shape index (κ1) is 8.95. The number of rotatable bonds is 1. The molecule has 2 rings (SSSR count). The molecule has 0 fully saturated rings. The third-order valence-electron chi connectivity index (χ3n) is 2.50. The molecule has 1 heterocycles. The standard InChI is InChI=1S/C13H13N/c1-10-5-6-12(8-11(10)2)13-4-3-7-14-9-13/h3-9H,1-2H3. The van der Waals surface area contributed by atoms with Gasteiger partial charge >= 0.3 is 0 Å². The van der Waals surface area contributed by atoms with Crippen LogP contribution in [0.25, 0.3) is 11.1 Å². The number of hydrogen-bond donors (Lipinski definition) is 0. The molecule has 0 aliphatic rings. The molecule has 1 nitrogen and oxygen atoms in total. The molecule has 2 aromatic rings. The van der Waals surface area contributed by atoms with Crippen molar-refractivity contribution in [2.45, 2.75) is 13.8 Å². The Morgan fingerprint density at radius 2 is 1.79 bits per heavy atom. The van der Waals surface area contributed by atoms with Gasteiger partial charge in [-0.1, -0.05) is 24.3 Å². The minimum atomic E-state index is 1.18. The summed E-state index contributed by atoms with van der Waals surface area (Å²) in [6, 6.07) is 10.5. The summed E-state index contributed by atoms with van der Waals surface area (Å²) in [5.74, 6) is 0. The maximum absolute atomic E-state index is 4.11. The third-order valence-corrected chi connectivity index (χ3v) is 2.50. The smallest absolute Gasteiger partial charge is 0.0346 e. The molecule has 0 saturated heterocycles. The second-order valence-electron chi connectivity index (χ2n) is 3.54.